The minimum atomic E-state index is -5.07. The molecule has 0 saturated carbocycles. The van der Waals surface area contributed by atoms with E-state index < -0.39 is 21.7 Å². The molecule has 2 atom stereocenters. The summed E-state index contributed by atoms with van der Waals surface area (Å²) in [6.45, 7) is 9.08. The number of nitrogens with zero attached hydrogens (tertiary/aromatic N) is 4. The number of rotatable bonds is 7. The third kappa shape index (κ3) is 6.15. The van der Waals surface area contributed by atoms with Crippen LogP contribution in [0, 0.1) is 0 Å². The summed E-state index contributed by atoms with van der Waals surface area (Å²) >= 11 is 1.82. The molecular formula is C13H15N4NaO6S3. The minimum Gasteiger partial charge on any atom is -0.725 e. The number of carbonyl (C=O) groups excluding carboxylic acids is 2. The molecule has 27 heavy (non-hydrogen) atoms. The molecule has 10 nitrogen and oxygen atoms in total. The van der Waals surface area contributed by atoms with Gasteiger partial charge >= 0.3 is 29.6 Å². The maximum Gasteiger partial charge on any atom is 1.00 e. The molecule has 0 bridgehead atoms. The first-order chi connectivity index (χ1) is 12.2. The van der Waals surface area contributed by atoms with Crippen LogP contribution in [0.2, 0.25) is 0 Å². The van der Waals surface area contributed by atoms with E-state index in [1.165, 1.54) is 22.7 Å². The van der Waals surface area contributed by atoms with Gasteiger partial charge in [0.05, 0.1) is 5.25 Å². The van der Waals surface area contributed by atoms with Crippen molar-refractivity contribution in [1.29, 1.82) is 0 Å². The second-order valence-electron chi connectivity index (χ2n) is 4.95. The van der Waals surface area contributed by atoms with Crippen molar-refractivity contribution in [3.05, 3.63) is 25.3 Å². The van der Waals surface area contributed by atoms with Crippen LogP contribution < -0.4 is 29.6 Å². The summed E-state index contributed by atoms with van der Waals surface area (Å²) in [5, 5.41) is 7.95. The van der Waals surface area contributed by atoms with Crippen LogP contribution in [0.3, 0.4) is 0 Å². The zero-order valence-corrected chi connectivity index (χ0v) is 19.1. The molecule has 0 aromatic carbocycles. The van der Waals surface area contributed by atoms with Crippen molar-refractivity contribution in [2.45, 2.75) is 17.6 Å². The van der Waals surface area contributed by atoms with Gasteiger partial charge in [-0.05, 0) is 18.7 Å². The van der Waals surface area contributed by atoms with Gasteiger partial charge in [0.2, 0.25) is 21.7 Å². The summed E-state index contributed by atoms with van der Waals surface area (Å²) in [7, 11) is -5.07. The quantitative estimate of drug-likeness (QED) is 0.137. The van der Waals surface area contributed by atoms with Gasteiger partial charge in [-0.3, -0.25) is 23.6 Å². The average Bonchev–Trinajstić information content (AvgIpc) is 2.97. The van der Waals surface area contributed by atoms with Gasteiger partial charge in [-0.2, -0.15) is 0 Å². The normalized spacial score (nSPS) is 26.0. The number of thioether (sulfide) groups is 2. The first kappa shape index (κ1) is 24.4. The second-order valence-corrected chi connectivity index (χ2v) is 8.30. The Bertz CT molecular complexity index is 800. The van der Waals surface area contributed by atoms with E-state index in [4.69, 9.17) is 0 Å². The Balaban J connectivity index is 0.00000364. The first-order valence-electron chi connectivity index (χ1n) is 7.15. The van der Waals surface area contributed by atoms with Crippen LogP contribution in [0.15, 0.2) is 35.5 Å². The molecule has 2 saturated heterocycles. The van der Waals surface area contributed by atoms with Crippen molar-refractivity contribution in [2.24, 2.45) is 10.2 Å². The Morgan fingerprint density at radius 3 is 2.07 bits per heavy atom. The van der Waals surface area contributed by atoms with Crippen LogP contribution in [0.5, 0.6) is 0 Å². The second kappa shape index (κ2) is 10.2. The predicted octanol–water partition coefficient (Wildman–Crippen LogP) is -2.67. The number of hydrogen-bond donors (Lipinski definition) is 0. The molecular weight excluding hydrogens is 427 g/mol. The smallest absolute Gasteiger partial charge is 0.725 e. The van der Waals surface area contributed by atoms with Gasteiger partial charge in [-0.15, -0.1) is 23.4 Å². The Hall–Kier alpha value is -0.670. The number of carbonyl (C=O) groups is 2. The van der Waals surface area contributed by atoms with E-state index in [-0.39, 0.29) is 59.0 Å². The minimum absolute atomic E-state index is 0. The fourth-order valence-corrected chi connectivity index (χ4v) is 4.49. The van der Waals surface area contributed by atoms with Crippen LogP contribution in [0.1, 0.15) is 6.92 Å². The molecule has 142 valence electrons. The van der Waals surface area contributed by atoms with Crippen molar-refractivity contribution in [3.63, 3.8) is 0 Å². The zero-order chi connectivity index (χ0) is 19.5. The number of amides is 2. The van der Waals surface area contributed by atoms with Crippen LogP contribution >= 0.6 is 23.5 Å². The number of amidine groups is 2. The molecule has 2 heterocycles. The van der Waals surface area contributed by atoms with Crippen molar-refractivity contribution < 1.29 is 56.3 Å². The first-order valence-corrected chi connectivity index (χ1v) is 10.2. The van der Waals surface area contributed by atoms with Gasteiger partial charge in [-0.25, -0.2) is 8.42 Å². The predicted molar refractivity (Wildman–Crippen MR) is 97.9 cm³/mol. The van der Waals surface area contributed by atoms with Gasteiger partial charge in [0, 0.05) is 13.1 Å². The summed E-state index contributed by atoms with van der Waals surface area (Å²) in [5.41, 5.74) is -1.57. The SMILES string of the molecule is C=CCN1C(=O)C(C)SC1=NN=C1SC(OS(=O)(=O)[O-])C(=O)N1CC=C.[Na+]. The maximum absolute atomic E-state index is 12.2. The van der Waals surface area contributed by atoms with E-state index in [0.29, 0.717) is 16.9 Å². The van der Waals surface area contributed by atoms with Gasteiger partial charge in [0.15, 0.2) is 10.3 Å². The Morgan fingerprint density at radius 1 is 1.11 bits per heavy atom. The van der Waals surface area contributed by atoms with Gasteiger partial charge in [-0.1, -0.05) is 23.9 Å². The van der Waals surface area contributed by atoms with E-state index >= 15 is 0 Å². The Morgan fingerprint density at radius 2 is 1.59 bits per heavy atom. The summed E-state index contributed by atoms with van der Waals surface area (Å²) < 4.78 is 36.5. The molecule has 0 spiro atoms. The van der Waals surface area contributed by atoms with Crippen LogP contribution in [-0.2, 0) is 24.2 Å². The van der Waals surface area contributed by atoms with Gasteiger partial charge in [0.25, 0.3) is 5.91 Å². The average molecular weight is 442 g/mol. The molecule has 0 aliphatic carbocycles. The van der Waals surface area contributed by atoms with Crippen LogP contribution in [0.25, 0.3) is 0 Å². The third-order valence-electron chi connectivity index (χ3n) is 3.09. The summed E-state index contributed by atoms with van der Waals surface area (Å²) in [5.74, 6) is -0.912. The van der Waals surface area contributed by atoms with Crippen LogP contribution in [0.4, 0.5) is 0 Å². The molecule has 2 rings (SSSR count). The van der Waals surface area contributed by atoms with E-state index in [1.54, 1.807) is 13.0 Å². The molecule has 0 radical (unpaired) electrons. The summed E-state index contributed by atoms with van der Waals surface area (Å²) in [6, 6.07) is 0. The fourth-order valence-electron chi connectivity index (χ4n) is 2.02. The standard InChI is InChI=1S/C13H16N4O6S3.Na/c1-4-6-16-9(18)8(3)24-12(16)14-15-13-17(7-5-2)10(19)11(25-13)23-26(20,21)22;/h4-5,8,11H,1-2,6-7H2,3H3,(H,20,21,22);/q;+1/p-1. The van der Waals surface area contributed by atoms with Crippen molar-refractivity contribution in [3.8, 4) is 0 Å². The molecule has 2 fully saturated rings. The molecule has 14 heteroatoms. The van der Waals surface area contributed by atoms with E-state index in [2.05, 4.69) is 27.5 Å². The molecule has 0 N–H and O–H groups in total. The topological polar surface area (TPSA) is 132 Å². The third-order valence-corrected chi connectivity index (χ3v) is 5.73. The summed E-state index contributed by atoms with van der Waals surface area (Å²) in [6.07, 6.45) is 2.94. The molecule has 2 aliphatic heterocycles. The van der Waals surface area contributed by atoms with E-state index in [0.717, 1.165) is 4.90 Å². The fraction of sp³-hybridized carbons (Fsp3) is 0.385. The molecule has 2 amide bonds. The van der Waals surface area contributed by atoms with Crippen molar-refractivity contribution in [1.82, 2.24) is 9.80 Å². The monoisotopic (exact) mass is 442 g/mol. The summed E-state index contributed by atoms with van der Waals surface area (Å²) in [4.78, 5) is 26.7. The van der Waals surface area contributed by atoms with Crippen LogP contribution in [-0.4, -0.2) is 68.7 Å². The van der Waals surface area contributed by atoms with E-state index in [9.17, 15) is 22.6 Å². The van der Waals surface area contributed by atoms with E-state index in [1.807, 2.05) is 0 Å². The Labute approximate surface area is 187 Å². The van der Waals surface area contributed by atoms with Gasteiger partial charge in [0.1, 0.15) is 0 Å². The number of hydrogen-bond acceptors (Lipinski definition) is 10. The van der Waals surface area contributed by atoms with Gasteiger partial charge < -0.3 is 4.55 Å². The van der Waals surface area contributed by atoms with Crippen molar-refractivity contribution in [2.75, 3.05) is 13.1 Å². The maximum atomic E-state index is 12.2. The van der Waals surface area contributed by atoms with Crippen molar-refractivity contribution >= 4 is 56.1 Å². The Kier molecular flexibility index (Phi) is 9.21. The molecule has 2 aliphatic rings. The largest absolute Gasteiger partial charge is 1.00 e. The zero-order valence-electron chi connectivity index (χ0n) is 14.6. The molecule has 0 aromatic heterocycles. The molecule has 0 aromatic rings. The molecule has 2 unspecified atom stereocenters.